The van der Waals surface area contributed by atoms with Gasteiger partial charge in [-0.3, -0.25) is 0 Å². The molecule has 1 unspecified atom stereocenters. The summed E-state index contributed by atoms with van der Waals surface area (Å²) in [6, 6.07) is 10.1. The summed E-state index contributed by atoms with van der Waals surface area (Å²) >= 11 is 1.68. The average Bonchev–Trinajstić information content (AvgIpc) is 2.03. The minimum atomic E-state index is -0.222. The molecular formula is C9H12OS. The van der Waals surface area contributed by atoms with Gasteiger partial charge in [0.2, 0.25) is 0 Å². The number of hydrogen-bond donors (Lipinski definition) is 1. The van der Waals surface area contributed by atoms with Gasteiger partial charge in [0.1, 0.15) is 0 Å². The largest absolute Gasteiger partial charge is 0.393 e. The molecule has 0 aliphatic heterocycles. The zero-order chi connectivity index (χ0) is 8.10. The molecule has 0 aliphatic carbocycles. The molecule has 1 N–H and O–H groups in total. The van der Waals surface area contributed by atoms with Crippen LogP contribution in [0, 0.1) is 0 Å². The van der Waals surface area contributed by atoms with Crippen molar-refractivity contribution in [3.05, 3.63) is 30.3 Å². The summed E-state index contributed by atoms with van der Waals surface area (Å²) in [5.41, 5.74) is 0. The Bertz CT molecular complexity index is 196. The van der Waals surface area contributed by atoms with Crippen molar-refractivity contribution in [2.75, 3.05) is 5.75 Å². The summed E-state index contributed by atoms with van der Waals surface area (Å²) in [5, 5.41) is 8.99. The monoisotopic (exact) mass is 168 g/mol. The summed E-state index contributed by atoms with van der Waals surface area (Å²) in [5.74, 6) is 0.768. The summed E-state index contributed by atoms with van der Waals surface area (Å²) in [7, 11) is 0. The molecule has 0 aromatic heterocycles. The molecule has 1 nitrogen and oxygen atoms in total. The van der Waals surface area contributed by atoms with Crippen molar-refractivity contribution < 1.29 is 5.11 Å². The van der Waals surface area contributed by atoms with Crippen LogP contribution in [-0.2, 0) is 0 Å². The molecule has 0 fully saturated rings. The smallest absolute Gasteiger partial charge is 0.0606 e. The van der Waals surface area contributed by atoms with Crippen LogP contribution in [0.1, 0.15) is 6.92 Å². The highest BCUT2D eigenvalue weighted by Gasteiger charge is 1.96. The van der Waals surface area contributed by atoms with E-state index in [1.54, 1.807) is 18.7 Å². The van der Waals surface area contributed by atoms with E-state index in [9.17, 15) is 0 Å². The van der Waals surface area contributed by atoms with Crippen LogP contribution < -0.4 is 0 Å². The van der Waals surface area contributed by atoms with Crippen molar-refractivity contribution in [3.63, 3.8) is 0 Å². The first-order chi connectivity index (χ1) is 5.29. The molecule has 1 rings (SSSR count). The Balaban J connectivity index is 2.39. The van der Waals surface area contributed by atoms with Crippen LogP contribution in [-0.4, -0.2) is 17.0 Å². The normalized spacial score (nSPS) is 12.9. The van der Waals surface area contributed by atoms with E-state index in [4.69, 9.17) is 5.11 Å². The lowest BCUT2D eigenvalue weighted by Gasteiger charge is -2.02. The number of thioether (sulfide) groups is 1. The molecular weight excluding hydrogens is 156 g/mol. The average molecular weight is 168 g/mol. The molecule has 0 aliphatic rings. The van der Waals surface area contributed by atoms with E-state index in [0.717, 1.165) is 5.75 Å². The molecule has 2 heteroatoms. The van der Waals surface area contributed by atoms with Gasteiger partial charge in [-0.25, -0.2) is 0 Å². The third-order valence-electron chi connectivity index (χ3n) is 1.23. The lowest BCUT2D eigenvalue weighted by molar-refractivity contribution is 0.220. The number of aliphatic hydroxyl groups excluding tert-OH is 1. The third kappa shape index (κ3) is 3.44. The molecule has 0 amide bonds. The van der Waals surface area contributed by atoms with Crippen LogP contribution in [0.5, 0.6) is 0 Å². The standard InChI is InChI=1S/C9H12OS/c1-8(10)7-11-9-5-3-2-4-6-9/h2-6,8,10H,7H2,1H3. The van der Waals surface area contributed by atoms with E-state index in [1.165, 1.54) is 4.90 Å². The zero-order valence-corrected chi connectivity index (χ0v) is 7.34. The maximum Gasteiger partial charge on any atom is 0.0606 e. The van der Waals surface area contributed by atoms with Gasteiger partial charge in [0.25, 0.3) is 0 Å². The van der Waals surface area contributed by atoms with Crippen LogP contribution in [0.4, 0.5) is 0 Å². The maximum atomic E-state index is 8.99. The second-order valence-electron chi connectivity index (χ2n) is 2.47. The SMILES string of the molecule is CC(O)CSc1ccccc1. The highest BCUT2D eigenvalue weighted by molar-refractivity contribution is 7.99. The Morgan fingerprint density at radius 3 is 2.55 bits per heavy atom. The molecule has 11 heavy (non-hydrogen) atoms. The Morgan fingerprint density at radius 2 is 2.00 bits per heavy atom. The van der Waals surface area contributed by atoms with E-state index in [-0.39, 0.29) is 6.10 Å². The highest BCUT2D eigenvalue weighted by atomic mass is 32.2. The molecule has 0 saturated heterocycles. The third-order valence-corrected chi connectivity index (χ3v) is 2.49. The van der Waals surface area contributed by atoms with E-state index >= 15 is 0 Å². The van der Waals surface area contributed by atoms with Crippen molar-refractivity contribution in [1.82, 2.24) is 0 Å². The fraction of sp³-hybridized carbons (Fsp3) is 0.333. The van der Waals surface area contributed by atoms with Gasteiger partial charge in [-0.05, 0) is 19.1 Å². The minimum Gasteiger partial charge on any atom is -0.393 e. The second kappa shape index (κ2) is 4.42. The van der Waals surface area contributed by atoms with Gasteiger partial charge in [0.05, 0.1) is 6.10 Å². The molecule has 0 radical (unpaired) electrons. The molecule has 0 saturated carbocycles. The van der Waals surface area contributed by atoms with Gasteiger partial charge < -0.3 is 5.11 Å². The fourth-order valence-corrected chi connectivity index (χ4v) is 1.52. The van der Waals surface area contributed by atoms with E-state index in [2.05, 4.69) is 0 Å². The van der Waals surface area contributed by atoms with Crippen LogP contribution in [0.25, 0.3) is 0 Å². The van der Waals surface area contributed by atoms with Crippen LogP contribution >= 0.6 is 11.8 Å². The molecule has 0 bridgehead atoms. The van der Waals surface area contributed by atoms with Gasteiger partial charge in [-0.1, -0.05) is 18.2 Å². The van der Waals surface area contributed by atoms with Gasteiger partial charge >= 0.3 is 0 Å². The molecule has 1 atom stereocenters. The zero-order valence-electron chi connectivity index (χ0n) is 6.53. The Labute approximate surface area is 71.4 Å². The fourth-order valence-electron chi connectivity index (χ4n) is 0.734. The Kier molecular flexibility index (Phi) is 3.46. The topological polar surface area (TPSA) is 20.2 Å². The number of aliphatic hydroxyl groups is 1. The molecule has 1 aromatic carbocycles. The van der Waals surface area contributed by atoms with Crippen molar-refractivity contribution in [2.45, 2.75) is 17.9 Å². The van der Waals surface area contributed by atoms with Crippen LogP contribution in [0.3, 0.4) is 0 Å². The molecule has 1 aromatic rings. The molecule has 0 spiro atoms. The molecule has 60 valence electrons. The summed E-state index contributed by atoms with van der Waals surface area (Å²) in [4.78, 5) is 1.22. The number of benzene rings is 1. The van der Waals surface area contributed by atoms with Crippen molar-refractivity contribution in [3.8, 4) is 0 Å². The predicted octanol–water partition coefficient (Wildman–Crippen LogP) is 2.16. The number of hydrogen-bond acceptors (Lipinski definition) is 2. The summed E-state index contributed by atoms with van der Waals surface area (Å²) < 4.78 is 0. The van der Waals surface area contributed by atoms with Crippen molar-refractivity contribution in [2.24, 2.45) is 0 Å². The maximum absolute atomic E-state index is 8.99. The van der Waals surface area contributed by atoms with E-state index in [1.807, 2.05) is 30.3 Å². The van der Waals surface area contributed by atoms with Gasteiger partial charge in [0, 0.05) is 10.6 Å². The lowest BCUT2D eigenvalue weighted by atomic mass is 10.4. The van der Waals surface area contributed by atoms with Crippen molar-refractivity contribution >= 4 is 11.8 Å². The van der Waals surface area contributed by atoms with Gasteiger partial charge in [-0.2, -0.15) is 0 Å². The predicted molar refractivity (Wildman–Crippen MR) is 48.8 cm³/mol. The van der Waals surface area contributed by atoms with Crippen LogP contribution in [0.15, 0.2) is 35.2 Å². The molecule has 0 heterocycles. The van der Waals surface area contributed by atoms with Gasteiger partial charge in [-0.15, -0.1) is 11.8 Å². The van der Waals surface area contributed by atoms with Crippen molar-refractivity contribution in [1.29, 1.82) is 0 Å². The Morgan fingerprint density at radius 1 is 1.36 bits per heavy atom. The van der Waals surface area contributed by atoms with E-state index in [0.29, 0.717) is 0 Å². The van der Waals surface area contributed by atoms with Gasteiger partial charge in [0.15, 0.2) is 0 Å². The van der Waals surface area contributed by atoms with E-state index < -0.39 is 0 Å². The second-order valence-corrected chi connectivity index (χ2v) is 3.57. The highest BCUT2D eigenvalue weighted by Crippen LogP contribution is 2.17. The Hall–Kier alpha value is -0.470. The van der Waals surface area contributed by atoms with Crippen LogP contribution in [0.2, 0.25) is 0 Å². The summed E-state index contributed by atoms with van der Waals surface area (Å²) in [6.07, 6.45) is -0.222. The first-order valence-electron chi connectivity index (χ1n) is 3.65. The summed E-state index contributed by atoms with van der Waals surface area (Å²) in [6.45, 7) is 1.80. The minimum absolute atomic E-state index is 0.222. The number of rotatable bonds is 3. The quantitative estimate of drug-likeness (QED) is 0.698. The lowest BCUT2D eigenvalue weighted by Crippen LogP contribution is -2.01. The first-order valence-corrected chi connectivity index (χ1v) is 4.63. The first kappa shape index (κ1) is 8.62.